The number of hydrogen-bond donors (Lipinski definition) is 2. The number of benzene rings is 1. The fraction of sp³-hybridized carbons (Fsp3) is 0.222. The fourth-order valence-corrected chi connectivity index (χ4v) is 1.32. The van der Waals surface area contributed by atoms with Crippen molar-refractivity contribution in [2.45, 2.75) is 6.42 Å². The Labute approximate surface area is 70.8 Å². The summed E-state index contributed by atoms with van der Waals surface area (Å²) >= 11 is 0. The van der Waals surface area contributed by atoms with Crippen molar-refractivity contribution in [3.8, 4) is 0 Å². The minimum absolute atomic E-state index is 0.0763. The minimum Gasteiger partial charge on any atom is -0.368 e. The van der Waals surface area contributed by atoms with E-state index in [4.69, 9.17) is 0 Å². The normalized spacial score (nSPS) is 15.5. The molecule has 1 aliphatic heterocycles. The first-order valence-corrected chi connectivity index (χ1v) is 3.95. The Bertz CT molecular complexity index is 309. The first-order valence-electron chi connectivity index (χ1n) is 3.95. The Morgan fingerprint density at radius 1 is 1.17 bits per heavy atom. The molecule has 0 radical (unpaired) electrons. The van der Waals surface area contributed by atoms with Crippen LogP contribution < -0.4 is 10.6 Å². The van der Waals surface area contributed by atoms with E-state index in [1.54, 1.807) is 0 Å². The monoisotopic (exact) mass is 162 g/mol. The molecule has 62 valence electrons. The zero-order valence-electron chi connectivity index (χ0n) is 6.63. The maximum atomic E-state index is 11.1. The molecule has 1 aromatic rings. The number of para-hydroxylation sites is 1. The van der Waals surface area contributed by atoms with E-state index in [2.05, 4.69) is 10.6 Å². The number of carbonyl (C=O) groups is 1. The Balaban J connectivity index is 2.37. The number of rotatable bonds is 0. The standard InChI is InChI=1S/C9H10N2O/c12-9-5-7-3-1-2-4-8(7)10-6-11-9/h1-4,10H,5-6H2,(H,11,12). The molecule has 2 N–H and O–H groups in total. The molecule has 1 heterocycles. The third-order valence-electron chi connectivity index (χ3n) is 1.93. The van der Waals surface area contributed by atoms with E-state index in [-0.39, 0.29) is 5.91 Å². The van der Waals surface area contributed by atoms with Crippen LogP contribution >= 0.6 is 0 Å². The molecule has 0 spiro atoms. The van der Waals surface area contributed by atoms with Gasteiger partial charge in [-0.1, -0.05) is 18.2 Å². The van der Waals surface area contributed by atoms with Gasteiger partial charge >= 0.3 is 0 Å². The summed E-state index contributed by atoms with van der Waals surface area (Å²) in [6.45, 7) is 0.524. The Hall–Kier alpha value is -1.51. The summed E-state index contributed by atoms with van der Waals surface area (Å²) in [6.07, 6.45) is 0.475. The average molecular weight is 162 g/mol. The molecule has 0 saturated heterocycles. The van der Waals surface area contributed by atoms with Crippen molar-refractivity contribution in [2.75, 3.05) is 12.0 Å². The van der Waals surface area contributed by atoms with Gasteiger partial charge in [-0.3, -0.25) is 4.79 Å². The van der Waals surface area contributed by atoms with Gasteiger partial charge in [-0.25, -0.2) is 0 Å². The van der Waals surface area contributed by atoms with Crippen molar-refractivity contribution in [3.63, 3.8) is 0 Å². The highest BCUT2D eigenvalue weighted by molar-refractivity contribution is 5.81. The smallest absolute Gasteiger partial charge is 0.225 e. The van der Waals surface area contributed by atoms with Crippen LogP contribution in [0.15, 0.2) is 24.3 Å². The van der Waals surface area contributed by atoms with Crippen LogP contribution in [-0.2, 0) is 11.2 Å². The van der Waals surface area contributed by atoms with E-state index in [1.807, 2.05) is 24.3 Å². The summed E-state index contributed by atoms with van der Waals surface area (Å²) in [4.78, 5) is 11.1. The number of amides is 1. The summed E-state index contributed by atoms with van der Waals surface area (Å²) in [5.74, 6) is 0.0763. The van der Waals surface area contributed by atoms with Crippen molar-refractivity contribution in [2.24, 2.45) is 0 Å². The van der Waals surface area contributed by atoms with Crippen LogP contribution in [0, 0.1) is 0 Å². The maximum Gasteiger partial charge on any atom is 0.225 e. The highest BCUT2D eigenvalue weighted by Crippen LogP contribution is 2.16. The second-order valence-corrected chi connectivity index (χ2v) is 2.79. The van der Waals surface area contributed by atoms with Gasteiger partial charge in [0.25, 0.3) is 0 Å². The highest BCUT2D eigenvalue weighted by Gasteiger charge is 2.10. The van der Waals surface area contributed by atoms with Crippen LogP contribution in [-0.4, -0.2) is 12.6 Å². The van der Waals surface area contributed by atoms with Gasteiger partial charge in [-0.05, 0) is 11.6 Å². The lowest BCUT2D eigenvalue weighted by atomic mass is 10.1. The molecule has 12 heavy (non-hydrogen) atoms. The average Bonchev–Trinajstić information content (AvgIpc) is 2.25. The maximum absolute atomic E-state index is 11.1. The lowest BCUT2D eigenvalue weighted by molar-refractivity contribution is -0.120. The van der Waals surface area contributed by atoms with E-state index in [0.29, 0.717) is 13.1 Å². The molecule has 0 atom stereocenters. The molecular weight excluding hydrogens is 152 g/mol. The summed E-state index contributed by atoms with van der Waals surface area (Å²) < 4.78 is 0. The molecule has 0 saturated carbocycles. The van der Waals surface area contributed by atoms with E-state index in [1.165, 1.54) is 0 Å². The number of anilines is 1. The fourth-order valence-electron chi connectivity index (χ4n) is 1.32. The molecule has 1 aromatic carbocycles. The molecule has 0 fully saturated rings. The van der Waals surface area contributed by atoms with Gasteiger partial charge in [0.2, 0.25) is 5.91 Å². The Kier molecular flexibility index (Phi) is 1.70. The Morgan fingerprint density at radius 3 is 2.92 bits per heavy atom. The first kappa shape index (κ1) is 7.16. The van der Waals surface area contributed by atoms with Crippen LogP contribution in [0.2, 0.25) is 0 Å². The molecule has 2 rings (SSSR count). The quantitative estimate of drug-likeness (QED) is 0.590. The van der Waals surface area contributed by atoms with E-state index in [9.17, 15) is 4.79 Å². The summed E-state index contributed by atoms with van der Waals surface area (Å²) in [5, 5.41) is 5.86. The summed E-state index contributed by atoms with van der Waals surface area (Å²) in [6, 6.07) is 7.85. The van der Waals surface area contributed by atoms with Crippen LogP contribution in [0.4, 0.5) is 5.69 Å². The zero-order chi connectivity index (χ0) is 8.39. The van der Waals surface area contributed by atoms with Gasteiger partial charge in [0.1, 0.15) is 0 Å². The SMILES string of the molecule is O=C1Cc2ccccc2NCN1. The van der Waals surface area contributed by atoms with Gasteiger partial charge in [-0.2, -0.15) is 0 Å². The van der Waals surface area contributed by atoms with Crippen molar-refractivity contribution < 1.29 is 4.79 Å². The molecule has 1 amide bonds. The molecular formula is C9H10N2O. The summed E-state index contributed by atoms with van der Waals surface area (Å²) in [7, 11) is 0. The van der Waals surface area contributed by atoms with E-state index in [0.717, 1.165) is 11.3 Å². The van der Waals surface area contributed by atoms with Crippen molar-refractivity contribution >= 4 is 11.6 Å². The van der Waals surface area contributed by atoms with Crippen molar-refractivity contribution in [1.82, 2.24) is 5.32 Å². The van der Waals surface area contributed by atoms with Crippen molar-refractivity contribution in [1.29, 1.82) is 0 Å². The number of hydrogen-bond acceptors (Lipinski definition) is 2. The predicted octanol–water partition coefficient (Wildman–Crippen LogP) is 0.728. The topological polar surface area (TPSA) is 41.1 Å². The van der Waals surface area contributed by atoms with Gasteiger partial charge in [0.05, 0.1) is 13.1 Å². The van der Waals surface area contributed by atoms with Crippen LogP contribution in [0.5, 0.6) is 0 Å². The van der Waals surface area contributed by atoms with Crippen LogP contribution in [0.3, 0.4) is 0 Å². The minimum atomic E-state index is 0.0763. The Morgan fingerprint density at radius 2 is 2.00 bits per heavy atom. The van der Waals surface area contributed by atoms with Gasteiger partial charge < -0.3 is 10.6 Å². The van der Waals surface area contributed by atoms with Gasteiger partial charge in [0, 0.05) is 5.69 Å². The zero-order valence-corrected chi connectivity index (χ0v) is 6.63. The predicted molar refractivity (Wildman–Crippen MR) is 46.8 cm³/mol. The van der Waals surface area contributed by atoms with Crippen molar-refractivity contribution in [3.05, 3.63) is 29.8 Å². The molecule has 0 bridgehead atoms. The third kappa shape index (κ3) is 1.25. The highest BCUT2D eigenvalue weighted by atomic mass is 16.1. The van der Waals surface area contributed by atoms with E-state index >= 15 is 0 Å². The first-order chi connectivity index (χ1) is 5.86. The van der Waals surface area contributed by atoms with E-state index < -0.39 is 0 Å². The van der Waals surface area contributed by atoms with Gasteiger partial charge in [-0.15, -0.1) is 0 Å². The van der Waals surface area contributed by atoms with Crippen LogP contribution in [0.25, 0.3) is 0 Å². The third-order valence-corrected chi connectivity index (χ3v) is 1.93. The molecule has 3 heteroatoms. The molecule has 1 aliphatic rings. The molecule has 3 nitrogen and oxygen atoms in total. The number of carbonyl (C=O) groups excluding carboxylic acids is 1. The molecule has 0 unspecified atom stereocenters. The lowest BCUT2D eigenvalue weighted by Crippen LogP contribution is -2.26. The van der Waals surface area contributed by atoms with Crippen LogP contribution in [0.1, 0.15) is 5.56 Å². The second kappa shape index (κ2) is 2.85. The second-order valence-electron chi connectivity index (χ2n) is 2.79. The number of nitrogens with one attached hydrogen (secondary N) is 2. The molecule has 0 aromatic heterocycles. The largest absolute Gasteiger partial charge is 0.368 e. The van der Waals surface area contributed by atoms with Gasteiger partial charge in [0.15, 0.2) is 0 Å². The molecule has 0 aliphatic carbocycles. The summed E-state index contributed by atoms with van der Waals surface area (Å²) in [5.41, 5.74) is 2.11. The lowest BCUT2D eigenvalue weighted by Gasteiger charge is -2.03. The number of fused-ring (bicyclic) bond motifs is 1.